The van der Waals surface area contributed by atoms with E-state index >= 15 is 0 Å². The molecule has 2 saturated carbocycles. The standard InChI is InChI=1S/C30H46O6/c1-27(2)22-15-20(31)24-18-9-8-17(16-14-21(36-26(16)35-7)25(33)28(3,4)34)29(18,5)12-10-19(24)30(22,6)13-11-23(27)32/h9,11,13,16-17,19-22,24-26,31,33-34H,8,10,12,14-15H2,1-7H3/t16-,17-,19-,20+,21+,22-,24-,25-,26-,29-,30+/m0/s1. The highest BCUT2D eigenvalue weighted by atomic mass is 16.7. The van der Waals surface area contributed by atoms with E-state index < -0.39 is 35.6 Å². The lowest BCUT2D eigenvalue weighted by Crippen LogP contribution is -2.59. The van der Waals surface area contributed by atoms with Crippen LogP contribution in [0.2, 0.25) is 0 Å². The molecule has 1 heterocycles. The van der Waals surface area contributed by atoms with Crippen LogP contribution in [-0.2, 0) is 14.3 Å². The number of allylic oxidation sites excluding steroid dienone is 3. The molecule has 0 aromatic carbocycles. The van der Waals surface area contributed by atoms with Gasteiger partial charge in [0.15, 0.2) is 12.1 Å². The van der Waals surface area contributed by atoms with E-state index in [0.717, 1.165) is 19.3 Å². The van der Waals surface area contributed by atoms with Crippen LogP contribution in [-0.4, -0.2) is 58.4 Å². The molecule has 0 amide bonds. The van der Waals surface area contributed by atoms with Crippen LogP contribution in [0, 0.1) is 45.8 Å². The van der Waals surface area contributed by atoms with E-state index in [1.807, 2.05) is 0 Å². The zero-order valence-electron chi connectivity index (χ0n) is 23.0. The lowest BCUT2D eigenvalue weighted by Gasteiger charge is -2.61. The van der Waals surface area contributed by atoms with Crippen LogP contribution in [0.4, 0.5) is 0 Å². The maximum atomic E-state index is 12.8. The largest absolute Gasteiger partial charge is 0.392 e. The van der Waals surface area contributed by atoms with Gasteiger partial charge in [-0.25, -0.2) is 0 Å². The van der Waals surface area contributed by atoms with E-state index in [4.69, 9.17) is 9.47 Å². The number of hydrogen-bond acceptors (Lipinski definition) is 6. The SMILES string of the molecule is CO[C@H]1O[C@@H]([C@H](O)C(C)(C)O)C[C@H]1[C@@H]1CC=C2[C@@H]3[C@H](O)C[C@H]4C(C)(C)C(=O)C=C[C@]4(C)[C@H]3CC[C@]21C. The minimum Gasteiger partial charge on any atom is -0.392 e. The number of fused-ring (bicyclic) bond motifs is 5. The molecule has 0 spiro atoms. The summed E-state index contributed by atoms with van der Waals surface area (Å²) in [5, 5.41) is 32.7. The van der Waals surface area contributed by atoms with Crippen LogP contribution >= 0.6 is 0 Å². The number of ether oxygens (including phenoxy) is 2. The number of hydrogen-bond donors (Lipinski definition) is 3. The lowest BCUT2D eigenvalue weighted by molar-refractivity contribution is -0.183. The summed E-state index contributed by atoms with van der Waals surface area (Å²) in [5.74, 6) is 1.08. The first-order valence-electron chi connectivity index (χ1n) is 13.9. The van der Waals surface area contributed by atoms with Crippen LogP contribution in [0.25, 0.3) is 0 Å². The van der Waals surface area contributed by atoms with Crippen LogP contribution in [0.3, 0.4) is 0 Å². The van der Waals surface area contributed by atoms with Crippen LogP contribution in [0.1, 0.15) is 73.6 Å². The van der Waals surface area contributed by atoms with Gasteiger partial charge in [-0.1, -0.05) is 45.4 Å². The quantitative estimate of drug-likeness (QED) is 0.503. The molecular weight excluding hydrogens is 456 g/mol. The summed E-state index contributed by atoms with van der Waals surface area (Å²) in [5.41, 5.74) is -0.532. The zero-order chi connectivity index (χ0) is 26.4. The highest BCUT2D eigenvalue weighted by Crippen LogP contribution is 2.68. The van der Waals surface area contributed by atoms with Crippen molar-refractivity contribution in [3.8, 4) is 0 Å². The van der Waals surface area contributed by atoms with E-state index in [0.29, 0.717) is 18.8 Å². The summed E-state index contributed by atoms with van der Waals surface area (Å²) in [6.45, 7) is 12.0. The third-order valence-electron chi connectivity index (χ3n) is 11.4. The fourth-order valence-corrected chi connectivity index (χ4v) is 9.28. The minimum atomic E-state index is -1.25. The van der Waals surface area contributed by atoms with Crippen molar-refractivity contribution in [1.29, 1.82) is 0 Å². The summed E-state index contributed by atoms with van der Waals surface area (Å²) in [6.07, 6.45) is 8.22. The number of aliphatic hydroxyl groups is 3. The Morgan fingerprint density at radius 1 is 1.17 bits per heavy atom. The van der Waals surface area contributed by atoms with Crippen molar-refractivity contribution in [2.24, 2.45) is 45.8 Å². The third kappa shape index (κ3) is 3.65. The van der Waals surface area contributed by atoms with Gasteiger partial charge in [0, 0.05) is 24.4 Å². The molecule has 4 aliphatic carbocycles. The number of rotatable bonds is 4. The summed E-state index contributed by atoms with van der Waals surface area (Å²) < 4.78 is 11.9. The first-order valence-corrected chi connectivity index (χ1v) is 13.9. The number of carbonyl (C=O) groups is 1. The predicted octanol–water partition coefficient (Wildman–Crippen LogP) is 4.03. The van der Waals surface area contributed by atoms with Gasteiger partial charge in [-0.15, -0.1) is 0 Å². The monoisotopic (exact) mass is 502 g/mol. The van der Waals surface area contributed by atoms with Crippen molar-refractivity contribution in [2.75, 3.05) is 7.11 Å². The fraction of sp³-hybridized carbons (Fsp3) is 0.833. The molecule has 6 heteroatoms. The Kier molecular flexibility index (Phi) is 6.25. The molecule has 36 heavy (non-hydrogen) atoms. The van der Waals surface area contributed by atoms with Gasteiger partial charge in [0.25, 0.3) is 0 Å². The maximum absolute atomic E-state index is 12.8. The van der Waals surface area contributed by atoms with E-state index in [1.165, 1.54) is 5.57 Å². The van der Waals surface area contributed by atoms with Gasteiger partial charge < -0.3 is 24.8 Å². The van der Waals surface area contributed by atoms with Gasteiger partial charge in [-0.3, -0.25) is 4.79 Å². The summed E-state index contributed by atoms with van der Waals surface area (Å²) in [7, 11) is 1.66. The third-order valence-corrected chi connectivity index (χ3v) is 11.4. The second-order valence-electron chi connectivity index (χ2n) is 14.0. The van der Waals surface area contributed by atoms with Gasteiger partial charge in [0.1, 0.15) is 6.10 Å². The molecule has 0 aromatic rings. The van der Waals surface area contributed by atoms with E-state index in [2.05, 4.69) is 39.8 Å². The van der Waals surface area contributed by atoms with Gasteiger partial charge in [0.05, 0.1) is 17.8 Å². The Balaban J connectivity index is 1.43. The van der Waals surface area contributed by atoms with Crippen molar-refractivity contribution in [1.82, 2.24) is 0 Å². The van der Waals surface area contributed by atoms with Gasteiger partial charge >= 0.3 is 0 Å². The van der Waals surface area contributed by atoms with Gasteiger partial charge in [0.2, 0.25) is 0 Å². The molecule has 0 radical (unpaired) electrons. The van der Waals surface area contributed by atoms with E-state index in [-0.39, 0.29) is 40.3 Å². The zero-order valence-corrected chi connectivity index (χ0v) is 23.0. The molecule has 5 rings (SSSR count). The van der Waals surface area contributed by atoms with Gasteiger partial charge in [-0.05, 0) is 80.6 Å². The smallest absolute Gasteiger partial charge is 0.161 e. The molecule has 3 N–H and O–H groups in total. The number of carbonyl (C=O) groups excluding carboxylic acids is 1. The molecule has 1 saturated heterocycles. The Hall–Kier alpha value is -1.05. The van der Waals surface area contributed by atoms with E-state index in [9.17, 15) is 20.1 Å². The van der Waals surface area contributed by atoms with Crippen LogP contribution < -0.4 is 0 Å². The predicted molar refractivity (Wildman–Crippen MR) is 137 cm³/mol. The average Bonchev–Trinajstić information content (AvgIpc) is 3.37. The topological polar surface area (TPSA) is 96.2 Å². The van der Waals surface area contributed by atoms with Crippen molar-refractivity contribution in [3.63, 3.8) is 0 Å². The molecule has 0 aromatic heterocycles. The van der Waals surface area contributed by atoms with Crippen molar-refractivity contribution in [3.05, 3.63) is 23.8 Å². The fourth-order valence-electron chi connectivity index (χ4n) is 9.28. The lowest BCUT2D eigenvalue weighted by atomic mass is 9.43. The molecule has 3 fully saturated rings. The molecule has 1 aliphatic heterocycles. The van der Waals surface area contributed by atoms with E-state index in [1.54, 1.807) is 27.0 Å². The molecule has 202 valence electrons. The van der Waals surface area contributed by atoms with Crippen molar-refractivity contribution >= 4 is 5.78 Å². The minimum absolute atomic E-state index is 0.0750. The Morgan fingerprint density at radius 2 is 1.86 bits per heavy atom. The van der Waals surface area contributed by atoms with Crippen molar-refractivity contribution in [2.45, 2.75) is 104 Å². The second-order valence-corrected chi connectivity index (χ2v) is 14.0. The summed E-state index contributed by atoms with van der Waals surface area (Å²) in [6, 6.07) is 0. The van der Waals surface area contributed by atoms with Crippen LogP contribution in [0.5, 0.6) is 0 Å². The Labute approximate surface area is 216 Å². The molecule has 0 bridgehead atoms. The second kappa shape index (κ2) is 8.47. The summed E-state index contributed by atoms with van der Waals surface area (Å²) in [4.78, 5) is 12.8. The number of ketones is 1. The average molecular weight is 503 g/mol. The number of aliphatic hydroxyl groups excluding tert-OH is 2. The maximum Gasteiger partial charge on any atom is 0.161 e. The normalized spacial score (nSPS) is 48.7. The number of methoxy groups -OCH3 is 1. The Morgan fingerprint density at radius 3 is 2.50 bits per heavy atom. The highest BCUT2D eigenvalue weighted by molar-refractivity contribution is 5.95. The first-order chi connectivity index (χ1) is 16.7. The Bertz CT molecular complexity index is 961. The molecule has 6 nitrogen and oxygen atoms in total. The van der Waals surface area contributed by atoms with Crippen LogP contribution in [0.15, 0.2) is 23.8 Å². The first kappa shape index (κ1) is 26.6. The molecule has 0 unspecified atom stereocenters. The molecule has 11 atom stereocenters. The van der Waals surface area contributed by atoms with Gasteiger partial charge in [-0.2, -0.15) is 0 Å². The van der Waals surface area contributed by atoms with Crippen molar-refractivity contribution < 1.29 is 29.6 Å². The molecule has 5 aliphatic rings. The summed E-state index contributed by atoms with van der Waals surface area (Å²) >= 11 is 0. The molecular formula is C30H46O6. The highest BCUT2D eigenvalue weighted by Gasteiger charge is 2.64.